The lowest BCUT2D eigenvalue weighted by molar-refractivity contribution is -0.876. The summed E-state index contributed by atoms with van der Waals surface area (Å²) < 4.78 is 9.33. The van der Waals surface area contributed by atoms with Crippen LogP contribution < -0.4 is 4.74 Å². The Morgan fingerprint density at radius 1 is 1.11 bits per heavy atom. The summed E-state index contributed by atoms with van der Waals surface area (Å²) >= 11 is 0. The molecule has 146 valence electrons. The molecule has 0 aliphatic carbocycles. The third kappa shape index (κ3) is 4.28. The molecule has 0 aliphatic rings. The van der Waals surface area contributed by atoms with E-state index in [4.69, 9.17) is 4.63 Å². The van der Waals surface area contributed by atoms with Crippen LogP contribution in [-0.4, -0.2) is 25.1 Å². The fraction of sp³-hybridized carbons (Fsp3) is 0.600. The third-order valence-corrected chi connectivity index (χ3v) is 5.03. The minimum atomic E-state index is -0.129. The molecule has 3 aromatic heterocycles. The fourth-order valence-electron chi connectivity index (χ4n) is 3.09. The van der Waals surface area contributed by atoms with Gasteiger partial charge >= 0.3 is 0 Å². The van der Waals surface area contributed by atoms with Gasteiger partial charge in [-0.2, -0.15) is 10.2 Å². The van der Waals surface area contributed by atoms with Crippen LogP contribution >= 0.6 is 0 Å². The molecule has 3 heterocycles. The highest BCUT2D eigenvalue weighted by molar-refractivity contribution is 5.17. The molecule has 3 aromatic rings. The average molecular weight is 372 g/mol. The van der Waals surface area contributed by atoms with Gasteiger partial charge in [0, 0.05) is 34.3 Å². The lowest BCUT2D eigenvalue weighted by Gasteiger charge is -2.23. The van der Waals surface area contributed by atoms with Crippen molar-refractivity contribution in [3.63, 3.8) is 0 Å². The molecule has 0 amide bonds. The number of rotatable bonds is 6. The molecule has 1 N–H and O–H groups in total. The summed E-state index contributed by atoms with van der Waals surface area (Å²) in [6.07, 6.45) is 7.85. The Hall–Kier alpha value is -2.44. The van der Waals surface area contributed by atoms with Gasteiger partial charge in [0.15, 0.2) is 11.4 Å². The maximum absolute atomic E-state index is 5.51. The molecule has 27 heavy (non-hydrogen) atoms. The smallest absolute Gasteiger partial charge is 0.248 e. The number of nitrogens with one attached hydrogen (secondary N) is 1. The molecule has 3 rings (SSSR count). The van der Waals surface area contributed by atoms with Crippen molar-refractivity contribution >= 4 is 0 Å². The fourth-order valence-corrected chi connectivity index (χ4v) is 3.09. The number of H-pyrrole nitrogens is 1. The summed E-state index contributed by atoms with van der Waals surface area (Å²) in [6.45, 7) is 16.6. The first kappa shape index (κ1) is 19.3. The lowest BCUT2D eigenvalue weighted by atomic mass is 9.86. The second-order valence-electron chi connectivity index (χ2n) is 9.68. The number of nitrogens with zero attached hydrogens (tertiary/aromatic N) is 5. The van der Waals surface area contributed by atoms with Crippen molar-refractivity contribution in [2.45, 2.75) is 77.8 Å². The predicted molar refractivity (Wildman–Crippen MR) is 102 cm³/mol. The van der Waals surface area contributed by atoms with Gasteiger partial charge in [-0.3, -0.25) is 9.78 Å². The quantitative estimate of drug-likeness (QED) is 0.676. The Bertz CT molecular complexity index is 880. The van der Waals surface area contributed by atoms with E-state index in [9.17, 15) is 0 Å². The SMILES string of the molecule is CC(C)(C)c1c[n+](CC(C)(C)c2cnn(CC(C)(C)c3ccn[nH]3)c2)on1. The Morgan fingerprint density at radius 3 is 2.44 bits per heavy atom. The molecule has 0 fully saturated rings. The second kappa shape index (κ2) is 6.62. The number of hydrogen-bond donors (Lipinski definition) is 1. The van der Waals surface area contributed by atoms with Gasteiger partial charge in [0.25, 0.3) is 0 Å². The highest BCUT2D eigenvalue weighted by atomic mass is 16.6. The molecule has 0 saturated heterocycles. The summed E-state index contributed by atoms with van der Waals surface area (Å²) in [7, 11) is 0. The zero-order valence-electron chi connectivity index (χ0n) is 17.4. The van der Waals surface area contributed by atoms with E-state index in [1.807, 2.05) is 27.9 Å². The predicted octanol–water partition coefficient (Wildman–Crippen LogP) is 3.13. The first-order chi connectivity index (χ1) is 12.5. The molecule has 0 saturated carbocycles. The van der Waals surface area contributed by atoms with E-state index in [1.54, 1.807) is 6.20 Å². The minimum Gasteiger partial charge on any atom is -0.282 e. The average Bonchev–Trinajstić information content (AvgIpc) is 3.27. The van der Waals surface area contributed by atoms with E-state index in [2.05, 4.69) is 75.1 Å². The first-order valence-electron chi connectivity index (χ1n) is 9.37. The number of aromatic nitrogens is 6. The van der Waals surface area contributed by atoms with Gasteiger partial charge in [0.2, 0.25) is 5.69 Å². The zero-order chi connectivity index (χ0) is 19.9. The molecule has 0 bridgehead atoms. The number of aromatic amines is 1. The van der Waals surface area contributed by atoms with Gasteiger partial charge in [0.1, 0.15) is 6.54 Å². The van der Waals surface area contributed by atoms with Crippen LogP contribution in [0.2, 0.25) is 0 Å². The van der Waals surface area contributed by atoms with Crippen LogP contribution in [0.25, 0.3) is 0 Å². The van der Waals surface area contributed by atoms with Crippen LogP contribution in [0.4, 0.5) is 0 Å². The molecule has 0 aromatic carbocycles. The maximum Gasteiger partial charge on any atom is 0.248 e. The summed E-state index contributed by atoms with van der Waals surface area (Å²) in [6, 6.07) is 2.02. The van der Waals surface area contributed by atoms with Gasteiger partial charge < -0.3 is 0 Å². The lowest BCUT2D eigenvalue weighted by Crippen LogP contribution is -2.41. The van der Waals surface area contributed by atoms with Gasteiger partial charge in [0.05, 0.1) is 12.7 Å². The first-order valence-corrected chi connectivity index (χ1v) is 9.37. The van der Waals surface area contributed by atoms with Crippen molar-refractivity contribution < 1.29 is 9.37 Å². The highest BCUT2D eigenvalue weighted by Gasteiger charge is 2.32. The van der Waals surface area contributed by atoms with Gasteiger partial charge in [-0.25, -0.2) is 0 Å². The van der Waals surface area contributed by atoms with Crippen molar-refractivity contribution in [1.82, 2.24) is 25.1 Å². The molecule has 0 aliphatic heterocycles. The summed E-state index contributed by atoms with van der Waals surface area (Å²) in [5.74, 6) is 0. The van der Waals surface area contributed by atoms with Crippen LogP contribution in [0.3, 0.4) is 0 Å². The molecule has 7 nitrogen and oxygen atoms in total. The van der Waals surface area contributed by atoms with Gasteiger partial charge in [-0.15, -0.1) is 0 Å². The van der Waals surface area contributed by atoms with E-state index >= 15 is 0 Å². The normalized spacial score (nSPS) is 13.3. The topological polar surface area (TPSA) is 76.4 Å². The van der Waals surface area contributed by atoms with Crippen LogP contribution in [0.1, 0.15) is 65.4 Å². The Labute approximate surface area is 160 Å². The molecule has 0 spiro atoms. The van der Waals surface area contributed by atoms with Gasteiger partial charge in [-0.05, 0) is 11.6 Å². The Balaban J connectivity index is 1.73. The summed E-state index contributed by atoms with van der Waals surface area (Å²) in [4.78, 5) is 0. The summed E-state index contributed by atoms with van der Waals surface area (Å²) in [5.41, 5.74) is 2.99. The third-order valence-electron chi connectivity index (χ3n) is 5.03. The van der Waals surface area contributed by atoms with Crippen LogP contribution in [0.15, 0.2) is 35.5 Å². The minimum absolute atomic E-state index is 0.0258. The molecule has 0 unspecified atom stereocenters. The van der Waals surface area contributed by atoms with Crippen molar-refractivity contribution in [1.29, 1.82) is 0 Å². The van der Waals surface area contributed by atoms with Crippen LogP contribution in [-0.2, 0) is 29.3 Å². The number of hydrogen-bond acceptors (Lipinski definition) is 4. The highest BCUT2D eigenvalue weighted by Crippen LogP contribution is 2.26. The Kier molecular flexibility index (Phi) is 4.74. The molecule has 0 radical (unpaired) electrons. The van der Waals surface area contributed by atoms with Crippen molar-refractivity contribution in [3.05, 3.63) is 47.8 Å². The zero-order valence-corrected chi connectivity index (χ0v) is 17.4. The van der Waals surface area contributed by atoms with Crippen LogP contribution in [0.5, 0.6) is 0 Å². The van der Waals surface area contributed by atoms with Crippen LogP contribution in [0, 0.1) is 0 Å². The van der Waals surface area contributed by atoms with Crippen molar-refractivity contribution in [3.8, 4) is 0 Å². The standard InChI is InChI=1S/C20H31N6O/c1-18(2,3)17-12-26(27-24-17)14-19(4,5)15-10-22-25(11-15)13-20(6,7)16-8-9-21-23-16/h8-12H,13-14H2,1-7H3,(H,21,23)/q+1. The van der Waals surface area contributed by atoms with E-state index in [0.29, 0.717) is 6.54 Å². The van der Waals surface area contributed by atoms with E-state index in [1.165, 1.54) is 5.56 Å². The van der Waals surface area contributed by atoms with E-state index in [-0.39, 0.29) is 16.2 Å². The summed E-state index contributed by atoms with van der Waals surface area (Å²) in [5, 5.41) is 15.9. The van der Waals surface area contributed by atoms with E-state index in [0.717, 1.165) is 17.9 Å². The largest absolute Gasteiger partial charge is 0.282 e. The molecule has 0 atom stereocenters. The second-order valence-corrected chi connectivity index (χ2v) is 9.68. The van der Waals surface area contributed by atoms with E-state index < -0.39 is 0 Å². The monoisotopic (exact) mass is 371 g/mol. The Morgan fingerprint density at radius 2 is 1.85 bits per heavy atom. The molecular formula is C20H31N6O+. The maximum atomic E-state index is 5.51. The van der Waals surface area contributed by atoms with Gasteiger partial charge in [-0.1, -0.05) is 57.8 Å². The van der Waals surface area contributed by atoms with Crippen molar-refractivity contribution in [2.24, 2.45) is 0 Å². The van der Waals surface area contributed by atoms with Crippen molar-refractivity contribution in [2.75, 3.05) is 0 Å². The molecular weight excluding hydrogens is 340 g/mol. The molecule has 7 heteroatoms.